The topological polar surface area (TPSA) is 44.7 Å². The van der Waals surface area contributed by atoms with Gasteiger partial charge in [0.05, 0.1) is 6.54 Å². The zero-order chi connectivity index (χ0) is 15.4. The number of nitrogens with one attached hydrogen (secondary N) is 1. The second-order valence-electron chi connectivity index (χ2n) is 5.24. The summed E-state index contributed by atoms with van der Waals surface area (Å²) in [5.41, 5.74) is 3.32. The van der Waals surface area contributed by atoms with Crippen LogP contribution < -0.4 is 5.32 Å². The molecule has 0 spiro atoms. The van der Waals surface area contributed by atoms with Crippen LogP contribution in [0.2, 0.25) is 0 Å². The number of rotatable bonds is 4. The summed E-state index contributed by atoms with van der Waals surface area (Å²) in [4.78, 5) is 18.2. The van der Waals surface area contributed by atoms with Crippen LogP contribution in [0, 0.1) is 0 Å². The van der Waals surface area contributed by atoms with E-state index in [1.165, 1.54) is 5.56 Å². The number of guanidine groups is 1. The molecule has 4 nitrogen and oxygen atoms in total. The van der Waals surface area contributed by atoms with Crippen molar-refractivity contribution in [2.75, 3.05) is 11.9 Å². The largest absolute Gasteiger partial charge is 0.326 e. The molecule has 0 aromatic heterocycles. The molecule has 2 aromatic rings. The number of nitrogens with zero attached hydrogens (tertiary/aromatic N) is 2. The van der Waals surface area contributed by atoms with E-state index in [1.54, 1.807) is 4.90 Å². The third-order valence-electron chi connectivity index (χ3n) is 3.75. The lowest BCUT2D eigenvalue weighted by Crippen LogP contribution is -2.36. The third kappa shape index (κ3) is 3.01. The van der Waals surface area contributed by atoms with Crippen molar-refractivity contribution in [3.8, 4) is 0 Å². The first kappa shape index (κ1) is 14.3. The van der Waals surface area contributed by atoms with Gasteiger partial charge in [0.25, 0.3) is 5.91 Å². The van der Waals surface area contributed by atoms with E-state index in [0.29, 0.717) is 12.5 Å². The molecule has 4 heteroatoms. The summed E-state index contributed by atoms with van der Waals surface area (Å²) in [5, 5.41) is 3.32. The molecule has 112 valence electrons. The predicted molar refractivity (Wildman–Crippen MR) is 88.7 cm³/mol. The maximum Gasteiger partial charge on any atom is 0.251 e. The summed E-state index contributed by atoms with van der Waals surface area (Å²) in [7, 11) is 0. The lowest BCUT2D eigenvalue weighted by molar-refractivity contribution is -0.125. The molecule has 0 saturated carbocycles. The fraction of sp³-hybridized carbons (Fsp3) is 0.222. The maximum absolute atomic E-state index is 12.1. The van der Waals surface area contributed by atoms with Crippen LogP contribution in [0.1, 0.15) is 18.1 Å². The lowest BCUT2D eigenvalue weighted by atomic mass is 10.1. The number of benzene rings is 2. The van der Waals surface area contributed by atoms with Gasteiger partial charge in [0.1, 0.15) is 6.54 Å². The Hall–Kier alpha value is -2.62. The number of hydrogen-bond acceptors (Lipinski definition) is 3. The van der Waals surface area contributed by atoms with Crippen molar-refractivity contribution in [2.24, 2.45) is 4.99 Å². The minimum absolute atomic E-state index is 0.0281. The van der Waals surface area contributed by atoms with Gasteiger partial charge in [-0.2, -0.15) is 0 Å². The SMILES string of the molecule is CCc1ccccc1NC1=NCC(=O)N1Cc1ccccc1. The van der Waals surface area contributed by atoms with Gasteiger partial charge in [0.15, 0.2) is 0 Å². The molecule has 22 heavy (non-hydrogen) atoms. The number of aliphatic imine (C=N–C) groups is 1. The monoisotopic (exact) mass is 293 g/mol. The molecular weight excluding hydrogens is 274 g/mol. The third-order valence-corrected chi connectivity index (χ3v) is 3.75. The van der Waals surface area contributed by atoms with Crippen LogP contribution in [0.3, 0.4) is 0 Å². The van der Waals surface area contributed by atoms with Crippen molar-refractivity contribution in [3.05, 3.63) is 65.7 Å². The summed E-state index contributed by atoms with van der Waals surface area (Å²) in [6, 6.07) is 18.1. The van der Waals surface area contributed by atoms with Crippen molar-refractivity contribution in [1.29, 1.82) is 0 Å². The highest BCUT2D eigenvalue weighted by Crippen LogP contribution is 2.18. The minimum atomic E-state index is 0.0281. The molecule has 0 aliphatic carbocycles. The fourth-order valence-corrected chi connectivity index (χ4v) is 2.54. The Labute approximate surface area is 130 Å². The normalized spacial score (nSPS) is 14.1. The Bertz CT molecular complexity index is 694. The number of carbonyl (C=O) groups is 1. The molecule has 0 fully saturated rings. The first-order valence-electron chi connectivity index (χ1n) is 7.51. The molecule has 0 atom stereocenters. The minimum Gasteiger partial charge on any atom is -0.326 e. The Balaban J connectivity index is 1.79. The second kappa shape index (κ2) is 6.43. The Morgan fingerprint density at radius 2 is 1.82 bits per heavy atom. The molecule has 1 N–H and O–H groups in total. The number of para-hydroxylation sites is 1. The zero-order valence-electron chi connectivity index (χ0n) is 12.6. The highest BCUT2D eigenvalue weighted by atomic mass is 16.2. The Kier molecular flexibility index (Phi) is 4.19. The van der Waals surface area contributed by atoms with E-state index < -0.39 is 0 Å². The number of amides is 1. The summed E-state index contributed by atoms with van der Waals surface area (Å²) in [6.07, 6.45) is 0.934. The highest BCUT2D eigenvalue weighted by molar-refractivity contribution is 6.09. The second-order valence-corrected chi connectivity index (χ2v) is 5.24. The van der Waals surface area contributed by atoms with E-state index in [4.69, 9.17) is 0 Å². The van der Waals surface area contributed by atoms with E-state index in [1.807, 2.05) is 48.5 Å². The molecule has 0 bridgehead atoms. The quantitative estimate of drug-likeness (QED) is 0.941. The summed E-state index contributed by atoms with van der Waals surface area (Å²) >= 11 is 0. The van der Waals surface area contributed by atoms with Gasteiger partial charge >= 0.3 is 0 Å². The Morgan fingerprint density at radius 3 is 2.59 bits per heavy atom. The van der Waals surface area contributed by atoms with Gasteiger partial charge in [-0.05, 0) is 23.6 Å². The Morgan fingerprint density at radius 1 is 1.09 bits per heavy atom. The van der Waals surface area contributed by atoms with Gasteiger partial charge in [-0.25, -0.2) is 4.99 Å². The van der Waals surface area contributed by atoms with E-state index >= 15 is 0 Å². The molecule has 0 unspecified atom stereocenters. The van der Waals surface area contributed by atoms with Crippen molar-refractivity contribution in [3.63, 3.8) is 0 Å². The van der Waals surface area contributed by atoms with Crippen molar-refractivity contribution < 1.29 is 4.79 Å². The van der Waals surface area contributed by atoms with Crippen LogP contribution in [0.15, 0.2) is 59.6 Å². The zero-order valence-corrected chi connectivity index (χ0v) is 12.6. The lowest BCUT2D eigenvalue weighted by Gasteiger charge is -2.20. The fourth-order valence-electron chi connectivity index (χ4n) is 2.54. The van der Waals surface area contributed by atoms with Gasteiger partial charge in [-0.1, -0.05) is 55.5 Å². The van der Waals surface area contributed by atoms with Gasteiger partial charge < -0.3 is 5.32 Å². The van der Waals surface area contributed by atoms with E-state index in [9.17, 15) is 4.79 Å². The molecule has 0 saturated heterocycles. The number of hydrogen-bond donors (Lipinski definition) is 1. The van der Waals surface area contributed by atoms with Gasteiger partial charge in [0, 0.05) is 5.69 Å². The van der Waals surface area contributed by atoms with Crippen LogP contribution in [0.4, 0.5) is 5.69 Å². The van der Waals surface area contributed by atoms with Crippen LogP contribution in [0.5, 0.6) is 0 Å². The first-order chi connectivity index (χ1) is 10.8. The van der Waals surface area contributed by atoms with Gasteiger partial charge in [-0.15, -0.1) is 0 Å². The molecule has 1 aliphatic rings. The molecule has 3 rings (SSSR count). The first-order valence-corrected chi connectivity index (χ1v) is 7.51. The summed E-state index contributed by atoms with van der Waals surface area (Å²) in [5.74, 6) is 0.662. The average molecular weight is 293 g/mol. The summed E-state index contributed by atoms with van der Waals surface area (Å²) in [6.45, 7) is 2.87. The average Bonchev–Trinajstić information content (AvgIpc) is 2.89. The van der Waals surface area contributed by atoms with Crippen LogP contribution >= 0.6 is 0 Å². The van der Waals surface area contributed by atoms with E-state index in [0.717, 1.165) is 17.7 Å². The van der Waals surface area contributed by atoms with Crippen LogP contribution in [-0.4, -0.2) is 23.3 Å². The summed E-state index contributed by atoms with van der Waals surface area (Å²) < 4.78 is 0. The van der Waals surface area contributed by atoms with Gasteiger partial charge in [0.2, 0.25) is 5.96 Å². The van der Waals surface area contributed by atoms with Crippen molar-refractivity contribution in [2.45, 2.75) is 19.9 Å². The van der Waals surface area contributed by atoms with E-state index in [-0.39, 0.29) is 12.5 Å². The number of carbonyl (C=O) groups excluding carboxylic acids is 1. The number of anilines is 1. The molecule has 1 heterocycles. The molecule has 2 aromatic carbocycles. The standard InChI is InChI=1S/C18H19N3O/c1-2-15-10-6-7-11-16(15)20-18-19-12-17(22)21(18)13-14-8-4-3-5-9-14/h3-11H,2,12-13H2,1H3,(H,19,20). The van der Waals surface area contributed by atoms with Crippen LogP contribution in [-0.2, 0) is 17.8 Å². The predicted octanol–water partition coefficient (Wildman–Crippen LogP) is 3.06. The maximum atomic E-state index is 12.1. The number of aryl methyl sites for hydroxylation is 1. The molecule has 0 radical (unpaired) electrons. The molecule has 1 aliphatic heterocycles. The van der Waals surface area contributed by atoms with Crippen molar-refractivity contribution >= 4 is 17.6 Å². The van der Waals surface area contributed by atoms with E-state index in [2.05, 4.69) is 23.3 Å². The molecule has 1 amide bonds. The highest BCUT2D eigenvalue weighted by Gasteiger charge is 2.25. The van der Waals surface area contributed by atoms with Crippen LogP contribution in [0.25, 0.3) is 0 Å². The smallest absolute Gasteiger partial charge is 0.251 e. The van der Waals surface area contributed by atoms with Gasteiger partial charge in [-0.3, -0.25) is 9.69 Å². The molecular formula is C18H19N3O. The van der Waals surface area contributed by atoms with Crippen molar-refractivity contribution in [1.82, 2.24) is 4.90 Å².